The van der Waals surface area contributed by atoms with Crippen molar-refractivity contribution >= 4 is 5.94 Å². The van der Waals surface area contributed by atoms with Gasteiger partial charge < -0.3 is 24.6 Å². The molecule has 172 valence electrons. The van der Waals surface area contributed by atoms with Gasteiger partial charge in [0.2, 0.25) is 0 Å². The molecule has 7 heteroatoms. The van der Waals surface area contributed by atoms with E-state index in [1.54, 1.807) is 30.2 Å². The number of nitrogens with zero attached hydrogens (tertiary/aromatic N) is 1. The third-order valence-electron chi connectivity index (χ3n) is 5.44. The Bertz CT molecular complexity index is 1070. The number of aliphatic hydroxyl groups excluding tert-OH is 1. The molecular weight excluding hydrogens is 420 g/mol. The number of rotatable bonds is 9. The first-order chi connectivity index (χ1) is 15.9. The van der Waals surface area contributed by atoms with Crippen molar-refractivity contribution in [3.8, 4) is 11.8 Å². The van der Waals surface area contributed by atoms with Crippen LogP contribution in [0.5, 0.6) is 5.75 Å². The van der Waals surface area contributed by atoms with Gasteiger partial charge >= 0.3 is 0 Å². The standard InChI is InChI=1S/C26H28N2O5/c1-18(20-8-5-4-6-9-20)32-23(31-15-7-14-29)12-13-28-24-21-16-19(17-27)10-11-22(21)33-26(2,3)25(24)30/h4-12,16,18,24-25,28,30H,13,15H2,1-3H3/t18?,24-,25+/m0/s1. The van der Waals surface area contributed by atoms with Gasteiger partial charge in [-0.25, -0.2) is 4.79 Å². The maximum absolute atomic E-state index is 10.9. The number of carbonyl (C=O) groups excluding carboxylic acids is 1. The lowest BCUT2D eigenvalue weighted by atomic mass is 9.86. The largest absolute Gasteiger partial charge is 0.485 e. The zero-order chi connectivity index (χ0) is 23.8. The fraction of sp³-hybridized carbons (Fsp3) is 0.346. The van der Waals surface area contributed by atoms with Gasteiger partial charge in [-0.2, -0.15) is 5.26 Å². The number of ether oxygens (including phenoxy) is 3. The highest BCUT2D eigenvalue weighted by atomic mass is 16.7. The minimum Gasteiger partial charge on any atom is -0.485 e. The molecule has 2 aromatic carbocycles. The van der Waals surface area contributed by atoms with Gasteiger partial charge in [0.05, 0.1) is 17.7 Å². The summed E-state index contributed by atoms with van der Waals surface area (Å²) in [6.07, 6.45) is 1.80. The van der Waals surface area contributed by atoms with Gasteiger partial charge in [0.25, 0.3) is 5.95 Å². The van der Waals surface area contributed by atoms with E-state index in [-0.39, 0.29) is 18.7 Å². The van der Waals surface area contributed by atoms with Crippen LogP contribution in [0.1, 0.15) is 49.6 Å². The zero-order valence-electron chi connectivity index (χ0n) is 18.9. The van der Waals surface area contributed by atoms with Gasteiger partial charge in [-0.05, 0) is 44.5 Å². The van der Waals surface area contributed by atoms with Crippen molar-refractivity contribution in [3.63, 3.8) is 0 Å². The number of benzene rings is 2. The van der Waals surface area contributed by atoms with Crippen LogP contribution >= 0.6 is 0 Å². The van der Waals surface area contributed by atoms with Crippen LogP contribution in [0.2, 0.25) is 0 Å². The summed E-state index contributed by atoms with van der Waals surface area (Å²) < 4.78 is 17.5. The third kappa shape index (κ3) is 6.03. The fourth-order valence-electron chi connectivity index (χ4n) is 3.63. The Morgan fingerprint density at radius 2 is 2.06 bits per heavy atom. The van der Waals surface area contributed by atoms with E-state index in [2.05, 4.69) is 11.4 Å². The molecule has 3 atom stereocenters. The normalized spacial score (nSPS) is 19.8. The van der Waals surface area contributed by atoms with E-state index in [0.717, 1.165) is 5.56 Å². The monoisotopic (exact) mass is 448 g/mol. The van der Waals surface area contributed by atoms with Gasteiger partial charge in [0, 0.05) is 24.3 Å². The molecule has 33 heavy (non-hydrogen) atoms. The summed E-state index contributed by atoms with van der Waals surface area (Å²) >= 11 is 0. The van der Waals surface area contributed by atoms with Crippen LogP contribution in [0, 0.1) is 11.3 Å². The van der Waals surface area contributed by atoms with Gasteiger partial charge in [-0.15, -0.1) is 0 Å². The van der Waals surface area contributed by atoms with E-state index in [1.165, 1.54) is 6.08 Å². The molecule has 0 fully saturated rings. The van der Waals surface area contributed by atoms with Crippen LogP contribution in [0.3, 0.4) is 0 Å². The molecule has 1 aliphatic heterocycles. The number of nitrogens with one attached hydrogen (secondary N) is 1. The molecule has 0 aromatic heterocycles. The molecule has 3 rings (SSSR count). The first kappa shape index (κ1) is 24.1. The highest BCUT2D eigenvalue weighted by molar-refractivity contribution is 5.46. The number of aliphatic hydroxyl groups is 1. The average Bonchev–Trinajstić information content (AvgIpc) is 2.81. The van der Waals surface area contributed by atoms with E-state index in [4.69, 9.17) is 14.2 Å². The second kappa shape index (κ2) is 10.8. The van der Waals surface area contributed by atoms with Crippen molar-refractivity contribution in [2.24, 2.45) is 0 Å². The molecule has 0 amide bonds. The predicted octanol–water partition coefficient (Wildman–Crippen LogP) is 3.74. The highest BCUT2D eigenvalue weighted by Gasteiger charge is 2.42. The van der Waals surface area contributed by atoms with Crippen molar-refractivity contribution in [2.75, 3.05) is 13.2 Å². The molecule has 2 N–H and O–H groups in total. The Balaban J connectivity index is 1.78. The molecule has 0 radical (unpaired) electrons. The Morgan fingerprint density at radius 1 is 1.30 bits per heavy atom. The first-order valence-electron chi connectivity index (χ1n) is 10.7. The smallest absolute Gasteiger partial charge is 0.277 e. The minimum absolute atomic E-state index is 0.0259. The lowest BCUT2D eigenvalue weighted by molar-refractivity contribution is -0.0640. The van der Waals surface area contributed by atoms with Crippen LogP contribution in [0.25, 0.3) is 0 Å². The summed E-state index contributed by atoms with van der Waals surface area (Å²) in [5.41, 5.74) is 1.34. The van der Waals surface area contributed by atoms with E-state index in [1.807, 2.05) is 51.1 Å². The summed E-state index contributed by atoms with van der Waals surface area (Å²) in [6.45, 7) is 5.86. The molecule has 7 nitrogen and oxygen atoms in total. The lowest BCUT2D eigenvalue weighted by Crippen LogP contribution is -2.52. The molecule has 0 bridgehead atoms. The predicted molar refractivity (Wildman–Crippen MR) is 123 cm³/mol. The molecule has 0 aliphatic carbocycles. The third-order valence-corrected chi connectivity index (χ3v) is 5.44. The molecule has 0 saturated heterocycles. The summed E-state index contributed by atoms with van der Waals surface area (Å²) in [7, 11) is 0. The zero-order valence-corrected chi connectivity index (χ0v) is 18.9. The van der Waals surface area contributed by atoms with Crippen LogP contribution in [0.4, 0.5) is 0 Å². The Labute approximate surface area is 193 Å². The van der Waals surface area contributed by atoms with Crippen molar-refractivity contribution in [2.45, 2.75) is 44.6 Å². The second-order valence-electron chi connectivity index (χ2n) is 8.23. The first-order valence-corrected chi connectivity index (χ1v) is 10.7. The number of hydrogen-bond acceptors (Lipinski definition) is 7. The van der Waals surface area contributed by atoms with E-state index < -0.39 is 17.7 Å². The molecule has 1 heterocycles. The maximum Gasteiger partial charge on any atom is 0.277 e. The highest BCUT2D eigenvalue weighted by Crippen LogP contribution is 2.40. The number of hydrogen-bond donors (Lipinski definition) is 2. The van der Waals surface area contributed by atoms with Gasteiger partial charge in [0.15, 0.2) is 0 Å². The fourth-order valence-corrected chi connectivity index (χ4v) is 3.63. The Hall–Kier alpha value is -3.56. The maximum atomic E-state index is 10.9. The number of fused-ring (bicyclic) bond motifs is 1. The number of nitriles is 1. The van der Waals surface area contributed by atoms with E-state index >= 15 is 0 Å². The summed E-state index contributed by atoms with van der Waals surface area (Å²) in [4.78, 5) is 10.5. The van der Waals surface area contributed by atoms with Gasteiger partial charge in [0.1, 0.15) is 36.1 Å². The SMILES string of the molecule is CC(OC(=CCN[C@H]1c2cc(C#N)ccc2OC(C)(C)[C@@H]1O)OCC=C=O)c1ccccc1. The molecule has 0 saturated carbocycles. The van der Waals surface area contributed by atoms with Crippen LogP contribution < -0.4 is 10.1 Å². The lowest BCUT2D eigenvalue weighted by Gasteiger charge is -2.42. The van der Waals surface area contributed by atoms with E-state index in [0.29, 0.717) is 23.4 Å². The Kier molecular flexibility index (Phi) is 7.92. The van der Waals surface area contributed by atoms with Crippen molar-refractivity contribution < 1.29 is 24.1 Å². The van der Waals surface area contributed by atoms with E-state index in [9.17, 15) is 15.2 Å². The quantitative estimate of drug-likeness (QED) is 0.445. The summed E-state index contributed by atoms with van der Waals surface area (Å²) in [5, 5.41) is 23.5. The van der Waals surface area contributed by atoms with Crippen LogP contribution in [0.15, 0.2) is 66.6 Å². The minimum atomic E-state index is -0.862. The van der Waals surface area contributed by atoms with Gasteiger partial charge in [-0.1, -0.05) is 30.3 Å². The van der Waals surface area contributed by atoms with Crippen molar-refractivity contribution in [1.82, 2.24) is 5.32 Å². The van der Waals surface area contributed by atoms with Gasteiger partial charge in [-0.3, -0.25) is 0 Å². The molecule has 2 aromatic rings. The Morgan fingerprint density at radius 3 is 2.76 bits per heavy atom. The van der Waals surface area contributed by atoms with Crippen LogP contribution in [-0.4, -0.2) is 35.9 Å². The molecule has 0 spiro atoms. The average molecular weight is 449 g/mol. The molecule has 1 aliphatic rings. The molecular formula is C26H28N2O5. The topological polar surface area (TPSA) is 101 Å². The van der Waals surface area contributed by atoms with Crippen LogP contribution in [-0.2, 0) is 14.3 Å². The molecule has 1 unspecified atom stereocenters. The van der Waals surface area contributed by atoms with Crippen molar-refractivity contribution in [1.29, 1.82) is 5.26 Å². The summed E-state index contributed by atoms with van der Waals surface area (Å²) in [5.74, 6) is 2.55. The van der Waals surface area contributed by atoms with Crippen molar-refractivity contribution in [3.05, 3.63) is 83.3 Å². The second-order valence-corrected chi connectivity index (χ2v) is 8.23. The summed E-state index contributed by atoms with van der Waals surface area (Å²) in [6, 6.07) is 16.5.